The van der Waals surface area contributed by atoms with E-state index in [4.69, 9.17) is 16.3 Å². The Morgan fingerprint density at radius 1 is 1.19 bits per heavy atom. The number of rotatable bonds is 4. The molecule has 1 fully saturated rings. The summed E-state index contributed by atoms with van der Waals surface area (Å²) in [5.41, 5.74) is 2.01. The van der Waals surface area contributed by atoms with Crippen molar-refractivity contribution in [2.24, 2.45) is 0 Å². The van der Waals surface area contributed by atoms with E-state index in [2.05, 4.69) is 27.2 Å². The van der Waals surface area contributed by atoms with Crippen LogP contribution in [0.1, 0.15) is 16.1 Å². The monoisotopic (exact) mass is 375 g/mol. The first-order chi connectivity index (χ1) is 12.5. The number of aryl methyl sites for hydroxylation is 1. The van der Waals surface area contributed by atoms with Crippen LogP contribution in [0.3, 0.4) is 0 Å². The second-order valence-corrected chi connectivity index (χ2v) is 6.72. The van der Waals surface area contributed by atoms with Crippen molar-refractivity contribution in [3.8, 4) is 5.75 Å². The fourth-order valence-corrected chi connectivity index (χ4v) is 2.90. The lowest BCUT2D eigenvalue weighted by molar-refractivity contribution is 0.0658. The van der Waals surface area contributed by atoms with Gasteiger partial charge in [-0.15, -0.1) is 0 Å². The summed E-state index contributed by atoms with van der Waals surface area (Å²) in [7, 11) is 3.63. The molecule has 0 unspecified atom stereocenters. The Bertz CT molecular complexity index is 789. The summed E-state index contributed by atoms with van der Waals surface area (Å²) in [4.78, 5) is 25.1. The lowest BCUT2D eigenvalue weighted by atomic mass is 10.2. The van der Waals surface area contributed by atoms with Crippen molar-refractivity contribution in [3.05, 3.63) is 40.8 Å². The highest BCUT2D eigenvalue weighted by Gasteiger charge is 2.21. The van der Waals surface area contributed by atoms with Gasteiger partial charge in [0, 0.05) is 37.3 Å². The number of aromatic nitrogens is 2. The van der Waals surface area contributed by atoms with Crippen LogP contribution in [0.5, 0.6) is 5.75 Å². The van der Waals surface area contributed by atoms with Gasteiger partial charge in [0.05, 0.1) is 25.2 Å². The summed E-state index contributed by atoms with van der Waals surface area (Å²) in [5.74, 6) is 1.05. The number of ether oxygens (including phenoxy) is 1. The summed E-state index contributed by atoms with van der Waals surface area (Å²) in [6.45, 7) is 5.07. The molecule has 138 valence electrons. The molecular formula is C18H22ClN5O2. The molecule has 26 heavy (non-hydrogen) atoms. The second-order valence-electron chi connectivity index (χ2n) is 6.31. The molecule has 3 rings (SSSR count). The highest BCUT2D eigenvalue weighted by molar-refractivity contribution is 6.31. The number of benzene rings is 1. The number of methoxy groups -OCH3 is 1. The van der Waals surface area contributed by atoms with Crippen LogP contribution in [-0.4, -0.2) is 66.0 Å². The molecule has 0 radical (unpaired) electrons. The van der Waals surface area contributed by atoms with E-state index in [1.807, 2.05) is 17.9 Å². The van der Waals surface area contributed by atoms with Gasteiger partial charge in [-0.25, -0.2) is 9.97 Å². The lowest BCUT2D eigenvalue weighted by Crippen LogP contribution is -2.47. The molecule has 7 nitrogen and oxygen atoms in total. The fourth-order valence-electron chi connectivity index (χ4n) is 2.74. The molecule has 0 atom stereocenters. The highest BCUT2D eigenvalue weighted by Crippen LogP contribution is 2.32. The van der Waals surface area contributed by atoms with E-state index in [-0.39, 0.29) is 5.91 Å². The van der Waals surface area contributed by atoms with Crippen molar-refractivity contribution >= 4 is 29.0 Å². The number of carbonyl (C=O) groups is 1. The van der Waals surface area contributed by atoms with E-state index in [0.717, 1.165) is 24.3 Å². The Hall–Kier alpha value is -2.38. The summed E-state index contributed by atoms with van der Waals surface area (Å²) in [5, 5.41) is 3.79. The number of piperazine rings is 1. The summed E-state index contributed by atoms with van der Waals surface area (Å²) >= 11 is 6.13. The van der Waals surface area contributed by atoms with Crippen LogP contribution in [0.15, 0.2) is 24.5 Å². The quantitative estimate of drug-likeness (QED) is 0.885. The molecule has 1 aliphatic heterocycles. The molecule has 1 aromatic heterocycles. The molecular weight excluding hydrogens is 354 g/mol. The lowest BCUT2D eigenvalue weighted by Gasteiger charge is -2.32. The van der Waals surface area contributed by atoms with Crippen molar-refractivity contribution in [1.82, 2.24) is 19.8 Å². The van der Waals surface area contributed by atoms with Crippen LogP contribution in [0.2, 0.25) is 5.02 Å². The number of hydrogen-bond acceptors (Lipinski definition) is 6. The molecule has 0 bridgehead atoms. The topological polar surface area (TPSA) is 70.6 Å². The molecule has 0 spiro atoms. The van der Waals surface area contributed by atoms with Crippen LogP contribution in [0.4, 0.5) is 11.5 Å². The van der Waals surface area contributed by atoms with E-state index in [1.165, 1.54) is 6.20 Å². The molecule has 1 aromatic carbocycles. The predicted octanol–water partition coefficient (Wildman–Crippen LogP) is 2.58. The first-order valence-electron chi connectivity index (χ1n) is 8.39. The largest absolute Gasteiger partial charge is 0.495 e. The number of amides is 1. The third kappa shape index (κ3) is 4.05. The first kappa shape index (κ1) is 18.4. The maximum absolute atomic E-state index is 12.5. The van der Waals surface area contributed by atoms with Crippen molar-refractivity contribution in [2.75, 3.05) is 45.7 Å². The Morgan fingerprint density at radius 3 is 2.54 bits per heavy atom. The SMILES string of the molecule is COc1cc(Cl)c(C)cc1Nc1cnc(C(=O)N2CCN(C)CC2)cn1. The maximum atomic E-state index is 12.5. The number of nitrogens with zero attached hydrogens (tertiary/aromatic N) is 4. The molecule has 0 aliphatic carbocycles. The van der Waals surface area contributed by atoms with E-state index in [0.29, 0.717) is 35.4 Å². The van der Waals surface area contributed by atoms with Gasteiger partial charge in [0.25, 0.3) is 5.91 Å². The standard InChI is InChI=1S/C18H22ClN5O2/c1-12-8-14(16(26-3)9-13(12)19)22-17-11-20-15(10-21-17)18(25)24-6-4-23(2)5-7-24/h8-11H,4-7H2,1-3H3,(H,21,22). The van der Waals surface area contributed by atoms with Gasteiger partial charge in [-0.1, -0.05) is 11.6 Å². The molecule has 1 amide bonds. The Kier molecular flexibility index (Phi) is 5.58. The minimum absolute atomic E-state index is 0.0860. The number of anilines is 2. The minimum Gasteiger partial charge on any atom is -0.495 e. The van der Waals surface area contributed by atoms with Crippen LogP contribution in [0.25, 0.3) is 0 Å². The Labute approximate surface area is 157 Å². The third-order valence-electron chi connectivity index (χ3n) is 4.40. The third-order valence-corrected chi connectivity index (χ3v) is 4.81. The number of hydrogen-bond donors (Lipinski definition) is 1. The molecule has 1 saturated heterocycles. The second kappa shape index (κ2) is 7.88. The molecule has 8 heteroatoms. The maximum Gasteiger partial charge on any atom is 0.274 e. The van der Waals surface area contributed by atoms with Gasteiger partial charge in [-0.3, -0.25) is 4.79 Å². The van der Waals surface area contributed by atoms with E-state index in [9.17, 15) is 4.79 Å². The average Bonchev–Trinajstić information content (AvgIpc) is 2.65. The first-order valence-corrected chi connectivity index (χ1v) is 8.76. The molecule has 0 saturated carbocycles. The smallest absolute Gasteiger partial charge is 0.274 e. The Balaban J connectivity index is 1.72. The van der Waals surface area contributed by atoms with Gasteiger partial charge < -0.3 is 19.9 Å². The van der Waals surface area contributed by atoms with Crippen molar-refractivity contribution in [2.45, 2.75) is 6.92 Å². The zero-order chi connectivity index (χ0) is 18.7. The number of halogens is 1. The summed E-state index contributed by atoms with van der Waals surface area (Å²) in [6.07, 6.45) is 3.05. The molecule has 1 aliphatic rings. The van der Waals surface area contributed by atoms with Gasteiger partial charge in [0.2, 0.25) is 0 Å². The molecule has 1 N–H and O–H groups in total. The average molecular weight is 376 g/mol. The van der Waals surface area contributed by atoms with Gasteiger partial charge in [-0.05, 0) is 25.6 Å². The normalized spacial score (nSPS) is 15.0. The van der Waals surface area contributed by atoms with Crippen LogP contribution >= 0.6 is 11.6 Å². The van der Waals surface area contributed by atoms with E-state index >= 15 is 0 Å². The Morgan fingerprint density at radius 2 is 1.92 bits per heavy atom. The summed E-state index contributed by atoms with van der Waals surface area (Å²) in [6, 6.07) is 3.63. The number of likely N-dealkylation sites (N-methyl/N-ethyl adjacent to an activating group) is 1. The van der Waals surface area contributed by atoms with Crippen LogP contribution in [-0.2, 0) is 0 Å². The zero-order valence-electron chi connectivity index (χ0n) is 15.1. The zero-order valence-corrected chi connectivity index (χ0v) is 15.9. The van der Waals surface area contributed by atoms with E-state index in [1.54, 1.807) is 19.4 Å². The van der Waals surface area contributed by atoms with Crippen LogP contribution < -0.4 is 10.1 Å². The predicted molar refractivity (Wildman–Crippen MR) is 101 cm³/mol. The van der Waals surface area contributed by atoms with E-state index < -0.39 is 0 Å². The number of carbonyl (C=O) groups excluding carboxylic acids is 1. The van der Waals surface area contributed by atoms with Gasteiger partial charge >= 0.3 is 0 Å². The van der Waals surface area contributed by atoms with Gasteiger partial charge in [0.1, 0.15) is 17.3 Å². The minimum atomic E-state index is -0.0860. The fraction of sp³-hybridized carbons (Fsp3) is 0.389. The van der Waals surface area contributed by atoms with Crippen molar-refractivity contribution < 1.29 is 9.53 Å². The summed E-state index contributed by atoms with van der Waals surface area (Å²) < 4.78 is 5.34. The molecule has 2 aromatic rings. The van der Waals surface area contributed by atoms with Crippen LogP contribution in [0, 0.1) is 6.92 Å². The van der Waals surface area contributed by atoms with Crippen molar-refractivity contribution in [1.29, 1.82) is 0 Å². The van der Waals surface area contributed by atoms with Gasteiger partial charge in [0.15, 0.2) is 0 Å². The van der Waals surface area contributed by atoms with Gasteiger partial charge in [-0.2, -0.15) is 0 Å². The highest BCUT2D eigenvalue weighted by atomic mass is 35.5. The van der Waals surface area contributed by atoms with Crippen molar-refractivity contribution in [3.63, 3.8) is 0 Å². The molecule has 2 heterocycles. The number of nitrogens with one attached hydrogen (secondary N) is 1.